The van der Waals surface area contributed by atoms with Crippen molar-refractivity contribution in [3.8, 4) is 17.3 Å². The van der Waals surface area contributed by atoms with Crippen LogP contribution < -0.4 is 0 Å². The summed E-state index contributed by atoms with van der Waals surface area (Å²) in [5, 5.41) is 20.3. The van der Waals surface area contributed by atoms with Crippen LogP contribution in [0.1, 0.15) is 5.56 Å². The Morgan fingerprint density at radius 1 is 1.24 bits per heavy atom. The molecule has 8 heteroatoms. The van der Waals surface area contributed by atoms with Gasteiger partial charge in [-0.15, -0.1) is 0 Å². The zero-order valence-corrected chi connectivity index (χ0v) is 11.5. The van der Waals surface area contributed by atoms with Gasteiger partial charge in [0.1, 0.15) is 11.4 Å². The number of aromatic amines is 1. The van der Waals surface area contributed by atoms with Crippen molar-refractivity contribution in [3.63, 3.8) is 0 Å². The van der Waals surface area contributed by atoms with Crippen LogP contribution in [0.5, 0.6) is 5.75 Å². The number of nitrogens with one attached hydrogen (secondary N) is 1. The van der Waals surface area contributed by atoms with E-state index in [-0.39, 0.29) is 5.75 Å². The first-order valence-corrected chi connectivity index (χ1v) is 6.42. The largest absolute Gasteiger partial charge is 0.508 e. The average Bonchev–Trinajstić information content (AvgIpc) is 2.89. The predicted octanol–water partition coefficient (Wildman–Crippen LogP) is 1.99. The molecular weight excluding hydrogens is 288 g/mol. The molecule has 0 bridgehead atoms. The number of phenols is 1. The van der Waals surface area contributed by atoms with Gasteiger partial charge in [-0.3, -0.25) is 4.98 Å². The smallest absolute Gasteiger partial charge is 0.216 e. The molecule has 2 aromatic heterocycles. The molecule has 0 atom stereocenters. The first kappa shape index (κ1) is 13.1. The lowest BCUT2D eigenvalue weighted by molar-refractivity contribution is 0.475. The van der Waals surface area contributed by atoms with E-state index in [0.717, 1.165) is 5.56 Å². The second kappa shape index (κ2) is 5.63. The molecule has 3 aromatic rings. The summed E-state index contributed by atoms with van der Waals surface area (Å²) >= 11 is 5.15. The van der Waals surface area contributed by atoms with Gasteiger partial charge in [0.15, 0.2) is 0 Å². The van der Waals surface area contributed by atoms with Crippen molar-refractivity contribution < 1.29 is 5.11 Å². The van der Waals surface area contributed by atoms with E-state index >= 15 is 0 Å². The number of rotatable bonds is 3. The van der Waals surface area contributed by atoms with Crippen molar-refractivity contribution >= 4 is 18.4 Å². The van der Waals surface area contributed by atoms with Crippen LogP contribution in [0.15, 0.2) is 48.0 Å². The third-order valence-electron chi connectivity index (χ3n) is 2.66. The Balaban J connectivity index is 1.98. The van der Waals surface area contributed by atoms with Gasteiger partial charge in [-0.2, -0.15) is 14.9 Å². The fourth-order valence-corrected chi connectivity index (χ4v) is 1.84. The number of hydrogen-bond donors (Lipinski definition) is 2. The maximum absolute atomic E-state index is 9.25. The van der Waals surface area contributed by atoms with Crippen molar-refractivity contribution in [2.75, 3.05) is 0 Å². The van der Waals surface area contributed by atoms with E-state index < -0.39 is 0 Å². The standard InChI is InChI=1S/C13H10N6OS/c20-10-3-1-9(2-4-10)7-16-19-12(17-18-13(19)21)11-8-14-5-6-15-11/h1-8,20H,(H,18,21)/b16-7+. The van der Waals surface area contributed by atoms with Gasteiger partial charge in [0.2, 0.25) is 10.6 Å². The van der Waals surface area contributed by atoms with Crippen molar-refractivity contribution in [1.82, 2.24) is 24.8 Å². The summed E-state index contributed by atoms with van der Waals surface area (Å²) in [7, 11) is 0. The van der Waals surface area contributed by atoms with Crippen LogP contribution in [-0.2, 0) is 0 Å². The van der Waals surface area contributed by atoms with E-state index in [1.54, 1.807) is 49.1 Å². The maximum Gasteiger partial charge on any atom is 0.216 e. The Kier molecular flexibility index (Phi) is 3.52. The minimum atomic E-state index is 0.201. The Bertz CT molecular complexity index is 822. The van der Waals surface area contributed by atoms with Crippen LogP contribution in [0.3, 0.4) is 0 Å². The Labute approximate surface area is 124 Å². The third-order valence-corrected chi connectivity index (χ3v) is 2.92. The molecule has 7 nitrogen and oxygen atoms in total. The van der Waals surface area contributed by atoms with Gasteiger partial charge < -0.3 is 5.11 Å². The normalized spacial score (nSPS) is 11.0. The number of H-pyrrole nitrogens is 1. The topological polar surface area (TPSA) is 92.0 Å². The summed E-state index contributed by atoms with van der Waals surface area (Å²) in [4.78, 5) is 8.17. The van der Waals surface area contributed by atoms with Gasteiger partial charge in [-0.05, 0) is 42.0 Å². The van der Waals surface area contributed by atoms with Crippen molar-refractivity contribution in [2.45, 2.75) is 0 Å². The molecule has 3 rings (SSSR count). The first-order valence-electron chi connectivity index (χ1n) is 6.01. The van der Waals surface area contributed by atoms with Crippen LogP contribution in [0.4, 0.5) is 0 Å². The zero-order valence-electron chi connectivity index (χ0n) is 10.7. The summed E-state index contributed by atoms with van der Waals surface area (Å²) in [6.45, 7) is 0. The molecule has 0 saturated heterocycles. The van der Waals surface area contributed by atoms with E-state index in [2.05, 4.69) is 25.3 Å². The van der Waals surface area contributed by atoms with Crippen LogP contribution in [0, 0.1) is 4.77 Å². The maximum atomic E-state index is 9.25. The molecule has 104 valence electrons. The van der Waals surface area contributed by atoms with Gasteiger partial charge in [0.05, 0.1) is 12.4 Å². The quantitative estimate of drug-likeness (QED) is 0.570. The predicted molar refractivity (Wildman–Crippen MR) is 79.5 cm³/mol. The second-order valence-corrected chi connectivity index (χ2v) is 4.48. The molecule has 0 spiro atoms. The average molecular weight is 298 g/mol. The van der Waals surface area contributed by atoms with E-state index in [1.807, 2.05) is 0 Å². The number of benzene rings is 1. The zero-order chi connectivity index (χ0) is 14.7. The number of nitrogens with zero attached hydrogens (tertiary/aromatic N) is 5. The van der Waals surface area contributed by atoms with Crippen molar-refractivity contribution in [2.24, 2.45) is 5.10 Å². The molecule has 21 heavy (non-hydrogen) atoms. The fourth-order valence-electron chi connectivity index (χ4n) is 1.66. The van der Waals surface area contributed by atoms with E-state index in [1.165, 1.54) is 4.68 Å². The van der Waals surface area contributed by atoms with Gasteiger partial charge in [-0.1, -0.05) is 0 Å². The molecule has 1 aromatic carbocycles. The molecule has 0 saturated carbocycles. The number of hydrogen-bond acceptors (Lipinski definition) is 6. The van der Waals surface area contributed by atoms with Crippen LogP contribution >= 0.6 is 12.2 Å². The van der Waals surface area contributed by atoms with Crippen LogP contribution in [-0.4, -0.2) is 36.2 Å². The van der Waals surface area contributed by atoms with E-state index in [0.29, 0.717) is 16.3 Å². The SMILES string of the molecule is Oc1ccc(/C=N/n2c(-c3cnccn3)n[nH]c2=S)cc1. The highest BCUT2D eigenvalue weighted by atomic mass is 32.1. The summed E-state index contributed by atoms with van der Waals surface area (Å²) < 4.78 is 1.82. The Morgan fingerprint density at radius 2 is 2.05 bits per heavy atom. The number of phenolic OH excluding ortho intramolecular Hbond substituents is 1. The first-order chi connectivity index (χ1) is 10.2. The molecule has 0 radical (unpaired) electrons. The minimum absolute atomic E-state index is 0.201. The highest BCUT2D eigenvalue weighted by Gasteiger charge is 2.08. The van der Waals surface area contributed by atoms with Crippen LogP contribution in [0.2, 0.25) is 0 Å². The van der Waals surface area contributed by atoms with E-state index in [9.17, 15) is 5.11 Å². The highest BCUT2D eigenvalue weighted by molar-refractivity contribution is 7.71. The van der Waals surface area contributed by atoms with Crippen molar-refractivity contribution in [3.05, 3.63) is 53.2 Å². The summed E-state index contributed by atoms with van der Waals surface area (Å²) in [5.74, 6) is 0.676. The molecular formula is C13H10N6OS. The van der Waals surface area contributed by atoms with E-state index in [4.69, 9.17) is 12.2 Å². The lowest BCUT2D eigenvalue weighted by Gasteiger charge is -1.99. The summed E-state index contributed by atoms with van der Waals surface area (Å²) in [6, 6.07) is 6.65. The van der Waals surface area contributed by atoms with Crippen LogP contribution in [0.25, 0.3) is 11.5 Å². The molecule has 0 unspecified atom stereocenters. The molecule has 2 heterocycles. The third kappa shape index (κ3) is 2.84. The Hall–Kier alpha value is -2.87. The molecule has 2 N–H and O–H groups in total. The lowest BCUT2D eigenvalue weighted by Crippen LogP contribution is -1.96. The second-order valence-electron chi connectivity index (χ2n) is 4.09. The van der Waals surface area contributed by atoms with Gasteiger partial charge in [0.25, 0.3) is 0 Å². The minimum Gasteiger partial charge on any atom is -0.508 e. The molecule has 0 amide bonds. The molecule has 0 aliphatic rings. The van der Waals surface area contributed by atoms with Crippen molar-refractivity contribution in [1.29, 1.82) is 0 Å². The molecule has 0 fully saturated rings. The fraction of sp³-hybridized carbons (Fsp3) is 0. The van der Waals surface area contributed by atoms with Gasteiger partial charge >= 0.3 is 0 Å². The summed E-state index contributed by atoms with van der Waals surface area (Å²) in [6.07, 6.45) is 6.35. The van der Waals surface area contributed by atoms with Gasteiger partial charge in [-0.25, -0.2) is 10.1 Å². The molecule has 0 aliphatic heterocycles. The highest BCUT2D eigenvalue weighted by Crippen LogP contribution is 2.13. The number of aromatic hydroxyl groups is 1. The Morgan fingerprint density at radius 3 is 2.76 bits per heavy atom. The lowest BCUT2D eigenvalue weighted by atomic mass is 10.2. The number of aromatic nitrogens is 5. The van der Waals surface area contributed by atoms with Gasteiger partial charge in [0, 0.05) is 12.4 Å². The monoisotopic (exact) mass is 298 g/mol. The summed E-state index contributed by atoms with van der Waals surface area (Å²) in [5.41, 5.74) is 1.38. The molecule has 0 aliphatic carbocycles.